The number of rotatable bonds is 6. The van der Waals surface area contributed by atoms with E-state index < -0.39 is 0 Å². The normalized spacial score (nSPS) is 17.6. The fraction of sp³-hybridized carbons (Fsp3) is 0.348. The van der Waals surface area contributed by atoms with Gasteiger partial charge in [-0.1, -0.05) is 31.7 Å². The van der Waals surface area contributed by atoms with E-state index in [1.807, 2.05) is 44.2 Å². The quantitative estimate of drug-likeness (QED) is 0.651. The molecule has 2 aromatic rings. The molecule has 1 unspecified atom stereocenters. The van der Waals surface area contributed by atoms with Gasteiger partial charge in [0.1, 0.15) is 11.5 Å². The summed E-state index contributed by atoms with van der Waals surface area (Å²) >= 11 is 1.47. The highest BCUT2D eigenvalue weighted by Gasteiger charge is 2.28. The van der Waals surface area contributed by atoms with Crippen LogP contribution in [0.3, 0.4) is 0 Å². The van der Waals surface area contributed by atoms with Crippen LogP contribution in [-0.2, 0) is 4.79 Å². The van der Waals surface area contributed by atoms with Gasteiger partial charge in [-0.05, 0) is 72.4 Å². The monoisotopic (exact) mass is 412 g/mol. The second-order valence-electron chi connectivity index (χ2n) is 7.43. The molecule has 154 valence electrons. The Morgan fingerprint density at radius 1 is 1.10 bits per heavy atom. The summed E-state index contributed by atoms with van der Waals surface area (Å²) in [6, 6.07) is 10.1. The van der Waals surface area contributed by atoms with Gasteiger partial charge in [0.15, 0.2) is 5.50 Å². The molecule has 1 heterocycles. The first-order valence-electron chi connectivity index (χ1n) is 9.61. The number of amides is 1. The predicted octanol–water partition coefficient (Wildman–Crippen LogP) is 5.04. The number of hydrogen-bond acceptors (Lipinski definition) is 5. The molecule has 1 saturated heterocycles. The van der Waals surface area contributed by atoms with Crippen molar-refractivity contribution < 1.29 is 14.3 Å². The second kappa shape index (κ2) is 8.82. The zero-order chi connectivity index (χ0) is 21.1. The molecular formula is C23H28N2O3S. The molecule has 2 N–H and O–H groups in total. The third kappa shape index (κ3) is 4.70. The van der Waals surface area contributed by atoms with E-state index >= 15 is 0 Å². The summed E-state index contributed by atoms with van der Waals surface area (Å²) in [7, 11) is 3.33. The fourth-order valence-electron chi connectivity index (χ4n) is 3.28. The molecule has 0 radical (unpaired) electrons. The number of nitrogens with one attached hydrogen (secondary N) is 2. The number of carbonyl (C=O) groups is 1. The van der Waals surface area contributed by atoms with E-state index in [9.17, 15) is 4.79 Å². The van der Waals surface area contributed by atoms with Crippen LogP contribution in [0.2, 0.25) is 0 Å². The van der Waals surface area contributed by atoms with E-state index in [4.69, 9.17) is 9.47 Å². The third-order valence-electron chi connectivity index (χ3n) is 4.90. The first-order valence-corrected chi connectivity index (χ1v) is 10.5. The maximum absolute atomic E-state index is 12.6. The van der Waals surface area contributed by atoms with Gasteiger partial charge in [-0.2, -0.15) is 0 Å². The molecule has 2 aromatic carbocycles. The molecule has 1 aliphatic rings. The van der Waals surface area contributed by atoms with E-state index in [1.165, 1.54) is 11.8 Å². The SMILES string of the molecule is COc1ccc(C)cc1NC1NC(=O)/C(=C/c2cc(C(C)C)c(OC)cc2C)S1. The Labute approximate surface area is 176 Å². The molecule has 1 atom stereocenters. The van der Waals surface area contributed by atoms with Gasteiger partial charge >= 0.3 is 0 Å². The minimum Gasteiger partial charge on any atom is -0.496 e. The first kappa shape index (κ1) is 21.1. The van der Waals surface area contributed by atoms with Crippen molar-refractivity contribution in [2.75, 3.05) is 19.5 Å². The zero-order valence-electron chi connectivity index (χ0n) is 17.8. The summed E-state index contributed by atoms with van der Waals surface area (Å²) in [5.74, 6) is 1.88. The number of ether oxygens (including phenoxy) is 2. The van der Waals surface area contributed by atoms with Crippen LogP contribution in [0.1, 0.15) is 42.0 Å². The van der Waals surface area contributed by atoms with Gasteiger partial charge in [0.25, 0.3) is 5.91 Å². The lowest BCUT2D eigenvalue weighted by molar-refractivity contribution is -0.116. The van der Waals surface area contributed by atoms with Crippen LogP contribution in [0, 0.1) is 13.8 Å². The zero-order valence-corrected chi connectivity index (χ0v) is 18.6. The summed E-state index contributed by atoms with van der Waals surface area (Å²) in [4.78, 5) is 13.2. The van der Waals surface area contributed by atoms with Gasteiger partial charge in [-0.25, -0.2) is 0 Å². The Balaban J connectivity index is 1.85. The number of carbonyl (C=O) groups excluding carboxylic acids is 1. The average molecular weight is 413 g/mol. The fourth-order valence-corrected chi connectivity index (χ4v) is 4.25. The number of anilines is 1. The van der Waals surface area contributed by atoms with Crippen LogP contribution in [0.5, 0.6) is 11.5 Å². The Morgan fingerprint density at radius 3 is 2.48 bits per heavy atom. The number of hydrogen-bond donors (Lipinski definition) is 2. The van der Waals surface area contributed by atoms with E-state index in [0.29, 0.717) is 10.8 Å². The van der Waals surface area contributed by atoms with E-state index in [1.54, 1.807) is 14.2 Å². The Morgan fingerprint density at radius 2 is 1.83 bits per heavy atom. The minimum atomic E-state index is -0.257. The maximum atomic E-state index is 12.6. The summed E-state index contributed by atoms with van der Waals surface area (Å²) < 4.78 is 10.9. The highest BCUT2D eigenvalue weighted by atomic mass is 32.2. The largest absolute Gasteiger partial charge is 0.496 e. The van der Waals surface area contributed by atoms with Gasteiger partial charge in [-0.3, -0.25) is 4.79 Å². The Hall–Kier alpha value is -2.60. The lowest BCUT2D eigenvalue weighted by atomic mass is 9.96. The van der Waals surface area contributed by atoms with Gasteiger partial charge in [0.2, 0.25) is 0 Å². The maximum Gasteiger partial charge on any atom is 0.260 e. The molecule has 0 aromatic heterocycles. The third-order valence-corrected chi connectivity index (χ3v) is 5.93. The molecule has 3 rings (SSSR count). The number of aryl methyl sites for hydroxylation is 2. The van der Waals surface area contributed by atoms with Crippen molar-refractivity contribution in [1.29, 1.82) is 0 Å². The van der Waals surface area contributed by atoms with Crippen LogP contribution >= 0.6 is 11.8 Å². The van der Waals surface area contributed by atoms with E-state index in [2.05, 4.69) is 30.5 Å². The van der Waals surface area contributed by atoms with Crippen LogP contribution in [-0.4, -0.2) is 25.6 Å². The van der Waals surface area contributed by atoms with Crippen molar-refractivity contribution >= 4 is 29.4 Å². The summed E-state index contributed by atoms with van der Waals surface area (Å²) in [6.45, 7) is 8.33. The molecule has 0 saturated carbocycles. The second-order valence-corrected chi connectivity index (χ2v) is 8.58. The Bertz CT molecular complexity index is 953. The van der Waals surface area contributed by atoms with E-state index in [-0.39, 0.29) is 11.4 Å². The van der Waals surface area contributed by atoms with E-state index in [0.717, 1.165) is 39.4 Å². The molecule has 5 nitrogen and oxygen atoms in total. The van der Waals surface area contributed by atoms with Crippen molar-refractivity contribution in [3.63, 3.8) is 0 Å². The van der Waals surface area contributed by atoms with Crippen LogP contribution in [0.25, 0.3) is 6.08 Å². The van der Waals surface area contributed by atoms with Crippen molar-refractivity contribution in [3.05, 3.63) is 57.5 Å². The van der Waals surface area contributed by atoms with Crippen molar-refractivity contribution in [2.45, 2.75) is 39.1 Å². The van der Waals surface area contributed by atoms with Gasteiger partial charge in [0, 0.05) is 0 Å². The van der Waals surface area contributed by atoms with Crippen molar-refractivity contribution in [1.82, 2.24) is 5.32 Å². The molecule has 1 amide bonds. The molecule has 1 aliphatic heterocycles. The lowest BCUT2D eigenvalue weighted by Gasteiger charge is -2.16. The number of benzene rings is 2. The lowest BCUT2D eigenvalue weighted by Crippen LogP contribution is -2.31. The van der Waals surface area contributed by atoms with Crippen LogP contribution < -0.4 is 20.1 Å². The van der Waals surface area contributed by atoms with Crippen molar-refractivity contribution in [2.24, 2.45) is 0 Å². The molecule has 0 spiro atoms. The molecule has 0 bridgehead atoms. The highest BCUT2D eigenvalue weighted by molar-refractivity contribution is 8.05. The van der Waals surface area contributed by atoms with Gasteiger partial charge in [0.05, 0.1) is 24.8 Å². The van der Waals surface area contributed by atoms with Crippen LogP contribution in [0.4, 0.5) is 5.69 Å². The highest BCUT2D eigenvalue weighted by Crippen LogP contribution is 2.35. The first-order chi connectivity index (χ1) is 13.8. The molecule has 29 heavy (non-hydrogen) atoms. The smallest absolute Gasteiger partial charge is 0.260 e. The molecule has 6 heteroatoms. The van der Waals surface area contributed by atoms with Gasteiger partial charge < -0.3 is 20.1 Å². The Kier molecular flexibility index (Phi) is 6.42. The number of thioether (sulfide) groups is 1. The minimum absolute atomic E-state index is 0.0829. The summed E-state index contributed by atoms with van der Waals surface area (Å²) in [5.41, 5.74) is 4.95. The van der Waals surface area contributed by atoms with Crippen molar-refractivity contribution in [3.8, 4) is 11.5 Å². The predicted molar refractivity (Wildman–Crippen MR) is 121 cm³/mol. The van der Waals surface area contributed by atoms with Gasteiger partial charge in [-0.15, -0.1) is 0 Å². The summed E-state index contributed by atoms with van der Waals surface area (Å²) in [5, 5.41) is 6.34. The molecular weight excluding hydrogens is 384 g/mol. The average Bonchev–Trinajstić information content (AvgIpc) is 3.01. The standard InChI is InChI=1S/C23H28N2O3S/c1-13(2)17-11-16(15(4)10-20(17)28-6)12-21-22(26)25-23(29-21)24-18-9-14(3)7-8-19(18)27-5/h7-13,23-24H,1-6H3,(H,25,26)/b21-12-. The summed E-state index contributed by atoms with van der Waals surface area (Å²) in [6.07, 6.45) is 1.95. The molecule has 0 aliphatic carbocycles. The van der Waals surface area contributed by atoms with Crippen LogP contribution in [0.15, 0.2) is 35.2 Å². The molecule has 1 fully saturated rings. The topological polar surface area (TPSA) is 59.6 Å². The number of methoxy groups -OCH3 is 2.